The normalized spacial score (nSPS) is 18.4. The van der Waals surface area contributed by atoms with Gasteiger partial charge in [-0.1, -0.05) is 6.92 Å². The highest BCUT2D eigenvalue weighted by molar-refractivity contribution is 5.09. The van der Waals surface area contributed by atoms with Gasteiger partial charge in [-0.05, 0) is 56.6 Å². The molecule has 0 aromatic carbocycles. The van der Waals surface area contributed by atoms with Crippen LogP contribution in [0.2, 0.25) is 0 Å². The standard InChI is InChI=1S/C14H23N3/c1-2-7-16-14-5-10-17(11-6-14)12-13-3-8-15-9-4-13/h3-4,8-9,14,16H,2,5-7,10-12H2,1H3. The summed E-state index contributed by atoms with van der Waals surface area (Å²) in [5, 5.41) is 3.62. The number of nitrogens with zero attached hydrogens (tertiary/aromatic N) is 2. The Balaban J connectivity index is 1.72. The first kappa shape index (κ1) is 12.5. The third kappa shape index (κ3) is 4.10. The number of pyridine rings is 1. The molecule has 3 nitrogen and oxygen atoms in total. The zero-order valence-corrected chi connectivity index (χ0v) is 10.7. The lowest BCUT2D eigenvalue weighted by molar-refractivity contribution is 0.191. The largest absolute Gasteiger partial charge is 0.314 e. The summed E-state index contributed by atoms with van der Waals surface area (Å²) >= 11 is 0. The highest BCUT2D eigenvalue weighted by Gasteiger charge is 2.18. The molecular weight excluding hydrogens is 210 g/mol. The van der Waals surface area contributed by atoms with Gasteiger partial charge in [-0.2, -0.15) is 0 Å². The predicted molar refractivity (Wildman–Crippen MR) is 70.8 cm³/mol. The van der Waals surface area contributed by atoms with Gasteiger partial charge in [0.05, 0.1) is 0 Å². The van der Waals surface area contributed by atoms with E-state index in [-0.39, 0.29) is 0 Å². The van der Waals surface area contributed by atoms with Crippen molar-refractivity contribution < 1.29 is 0 Å². The smallest absolute Gasteiger partial charge is 0.0271 e. The molecule has 1 saturated heterocycles. The molecule has 0 atom stereocenters. The molecule has 2 rings (SSSR count). The number of likely N-dealkylation sites (tertiary alicyclic amines) is 1. The van der Waals surface area contributed by atoms with E-state index in [1.165, 1.54) is 37.9 Å². The minimum atomic E-state index is 0.739. The molecular formula is C14H23N3. The lowest BCUT2D eigenvalue weighted by atomic mass is 10.0. The number of piperidine rings is 1. The molecule has 1 fully saturated rings. The van der Waals surface area contributed by atoms with E-state index in [2.05, 4.69) is 34.3 Å². The van der Waals surface area contributed by atoms with Gasteiger partial charge >= 0.3 is 0 Å². The van der Waals surface area contributed by atoms with Crippen LogP contribution in [0.5, 0.6) is 0 Å². The number of hydrogen-bond donors (Lipinski definition) is 1. The van der Waals surface area contributed by atoms with Gasteiger partial charge in [0, 0.05) is 25.0 Å². The van der Waals surface area contributed by atoms with Crippen molar-refractivity contribution in [1.29, 1.82) is 0 Å². The molecule has 0 saturated carbocycles. The zero-order valence-electron chi connectivity index (χ0n) is 10.7. The summed E-state index contributed by atoms with van der Waals surface area (Å²) in [6, 6.07) is 4.96. The quantitative estimate of drug-likeness (QED) is 0.843. The summed E-state index contributed by atoms with van der Waals surface area (Å²) in [4.78, 5) is 6.60. The Morgan fingerprint density at radius 2 is 2.00 bits per heavy atom. The van der Waals surface area contributed by atoms with E-state index in [0.29, 0.717) is 0 Å². The Bertz CT molecular complexity index is 305. The summed E-state index contributed by atoms with van der Waals surface area (Å²) < 4.78 is 0. The first-order valence-electron chi connectivity index (χ1n) is 6.73. The van der Waals surface area contributed by atoms with E-state index >= 15 is 0 Å². The molecule has 17 heavy (non-hydrogen) atoms. The second-order valence-electron chi connectivity index (χ2n) is 4.86. The second kappa shape index (κ2) is 6.72. The Morgan fingerprint density at radius 1 is 1.29 bits per heavy atom. The van der Waals surface area contributed by atoms with Crippen molar-refractivity contribution in [2.45, 2.75) is 38.8 Å². The van der Waals surface area contributed by atoms with Crippen LogP contribution in [0.4, 0.5) is 0 Å². The fourth-order valence-corrected chi connectivity index (χ4v) is 2.39. The van der Waals surface area contributed by atoms with Gasteiger partial charge in [-0.3, -0.25) is 9.88 Å². The Hall–Kier alpha value is -0.930. The van der Waals surface area contributed by atoms with Crippen molar-refractivity contribution in [3.05, 3.63) is 30.1 Å². The average Bonchev–Trinajstić information content (AvgIpc) is 2.39. The molecule has 0 amide bonds. The van der Waals surface area contributed by atoms with Crippen molar-refractivity contribution in [2.24, 2.45) is 0 Å². The third-order valence-corrected chi connectivity index (χ3v) is 3.43. The lowest BCUT2D eigenvalue weighted by Gasteiger charge is -2.32. The van der Waals surface area contributed by atoms with E-state index in [1.807, 2.05) is 12.4 Å². The van der Waals surface area contributed by atoms with Gasteiger partial charge in [-0.25, -0.2) is 0 Å². The molecule has 0 spiro atoms. The fourth-order valence-electron chi connectivity index (χ4n) is 2.39. The summed E-state index contributed by atoms with van der Waals surface area (Å²) in [7, 11) is 0. The van der Waals surface area contributed by atoms with Crippen molar-refractivity contribution >= 4 is 0 Å². The second-order valence-corrected chi connectivity index (χ2v) is 4.86. The summed E-state index contributed by atoms with van der Waals surface area (Å²) in [6.07, 6.45) is 7.56. The van der Waals surface area contributed by atoms with Crippen LogP contribution in [-0.2, 0) is 6.54 Å². The topological polar surface area (TPSA) is 28.2 Å². The van der Waals surface area contributed by atoms with Crippen LogP contribution in [0.3, 0.4) is 0 Å². The third-order valence-electron chi connectivity index (χ3n) is 3.43. The first-order valence-corrected chi connectivity index (χ1v) is 6.73. The molecule has 0 aliphatic carbocycles. The molecule has 1 aromatic rings. The lowest BCUT2D eigenvalue weighted by Crippen LogP contribution is -2.42. The van der Waals surface area contributed by atoms with Gasteiger partial charge in [0.15, 0.2) is 0 Å². The van der Waals surface area contributed by atoms with Crippen LogP contribution in [0.15, 0.2) is 24.5 Å². The highest BCUT2D eigenvalue weighted by Crippen LogP contribution is 2.13. The monoisotopic (exact) mass is 233 g/mol. The first-order chi connectivity index (χ1) is 8.38. The molecule has 1 aliphatic rings. The van der Waals surface area contributed by atoms with Gasteiger partial charge < -0.3 is 5.32 Å². The average molecular weight is 233 g/mol. The molecule has 94 valence electrons. The van der Waals surface area contributed by atoms with Crippen LogP contribution in [0, 0.1) is 0 Å². The molecule has 0 radical (unpaired) electrons. The van der Waals surface area contributed by atoms with Gasteiger partial charge in [-0.15, -0.1) is 0 Å². The molecule has 3 heteroatoms. The molecule has 2 heterocycles. The van der Waals surface area contributed by atoms with E-state index in [1.54, 1.807) is 0 Å². The van der Waals surface area contributed by atoms with Crippen LogP contribution < -0.4 is 5.32 Å². The van der Waals surface area contributed by atoms with Crippen molar-refractivity contribution in [3.63, 3.8) is 0 Å². The Morgan fingerprint density at radius 3 is 2.65 bits per heavy atom. The maximum Gasteiger partial charge on any atom is 0.0271 e. The molecule has 0 unspecified atom stereocenters. The number of rotatable bonds is 5. The maximum atomic E-state index is 4.06. The van der Waals surface area contributed by atoms with Gasteiger partial charge in [0.1, 0.15) is 0 Å². The molecule has 1 N–H and O–H groups in total. The summed E-state index contributed by atoms with van der Waals surface area (Å²) in [5.41, 5.74) is 1.37. The fraction of sp³-hybridized carbons (Fsp3) is 0.643. The summed E-state index contributed by atoms with van der Waals surface area (Å²) in [5.74, 6) is 0. The minimum absolute atomic E-state index is 0.739. The number of aromatic nitrogens is 1. The van der Waals surface area contributed by atoms with E-state index < -0.39 is 0 Å². The van der Waals surface area contributed by atoms with Gasteiger partial charge in [0.25, 0.3) is 0 Å². The number of nitrogens with one attached hydrogen (secondary N) is 1. The summed E-state index contributed by atoms with van der Waals surface area (Å²) in [6.45, 7) is 6.89. The van der Waals surface area contributed by atoms with E-state index in [4.69, 9.17) is 0 Å². The molecule has 1 aliphatic heterocycles. The van der Waals surface area contributed by atoms with Crippen LogP contribution >= 0.6 is 0 Å². The minimum Gasteiger partial charge on any atom is -0.314 e. The van der Waals surface area contributed by atoms with Crippen LogP contribution in [0.25, 0.3) is 0 Å². The van der Waals surface area contributed by atoms with E-state index in [0.717, 1.165) is 19.1 Å². The highest BCUT2D eigenvalue weighted by atomic mass is 15.1. The van der Waals surface area contributed by atoms with Gasteiger partial charge in [0.2, 0.25) is 0 Å². The Kier molecular flexibility index (Phi) is 4.95. The van der Waals surface area contributed by atoms with E-state index in [9.17, 15) is 0 Å². The predicted octanol–water partition coefficient (Wildman–Crippen LogP) is 2.05. The SMILES string of the molecule is CCCNC1CCN(Cc2ccncc2)CC1. The maximum absolute atomic E-state index is 4.06. The van der Waals surface area contributed by atoms with Crippen LogP contribution in [0.1, 0.15) is 31.7 Å². The van der Waals surface area contributed by atoms with Crippen molar-refractivity contribution in [2.75, 3.05) is 19.6 Å². The zero-order chi connectivity index (χ0) is 11.9. The molecule has 1 aromatic heterocycles. The molecule has 0 bridgehead atoms. The van der Waals surface area contributed by atoms with Crippen molar-refractivity contribution in [1.82, 2.24) is 15.2 Å². The van der Waals surface area contributed by atoms with Crippen molar-refractivity contribution in [3.8, 4) is 0 Å². The number of hydrogen-bond acceptors (Lipinski definition) is 3. The van der Waals surface area contributed by atoms with Crippen LogP contribution in [-0.4, -0.2) is 35.6 Å². The Labute approximate surface area is 104 Å².